The van der Waals surface area contributed by atoms with E-state index in [9.17, 15) is 0 Å². The molecule has 60 valence electrons. The highest BCUT2D eigenvalue weighted by molar-refractivity contribution is 5.35. The van der Waals surface area contributed by atoms with Crippen LogP contribution in [0.4, 0.5) is 0 Å². The van der Waals surface area contributed by atoms with Crippen LogP contribution in [0.2, 0.25) is 0 Å². The van der Waals surface area contributed by atoms with Gasteiger partial charge in [-0.25, -0.2) is 0 Å². The van der Waals surface area contributed by atoms with E-state index in [1.165, 1.54) is 0 Å². The van der Waals surface area contributed by atoms with Gasteiger partial charge in [0, 0.05) is 11.6 Å². The van der Waals surface area contributed by atoms with Crippen LogP contribution in [0.25, 0.3) is 0 Å². The van der Waals surface area contributed by atoms with E-state index in [-0.39, 0.29) is 6.04 Å². The van der Waals surface area contributed by atoms with Crippen LogP contribution in [-0.4, -0.2) is 0 Å². The summed E-state index contributed by atoms with van der Waals surface area (Å²) < 4.78 is 0. The van der Waals surface area contributed by atoms with Crippen molar-refractivity contribution in [2.45, 2.75) is 6.04 Å². The molecule has 1 atom stereocenters. The summed E-state index contributed by atoms with van der Waals surface area (Å²) in [6.07, 6.45) is 6.91. The van der Waals surface area contributed by atoms with Gasteiger partial charge in [0.2, 0.25) is 0 Å². The highest BCUT2D eigenvalue weighted by Gasteiger charge is 1.98. The highest BCUT2D eigenvalue weighted by atomic mass is 14.6. The first-order valence-electron chi connectivity index (χ1n) is 3.72. The highest BCUT2D eigenvalue weighted by Crippen LogP contribution is 2.11. The summed E-state index contributed by atoms with van der Waals surface area (Å²) in [7, 11) is 0. The monoisotopic (exact) mass is 157 g/mol. The van der Waals surface area contributed by atoms with Crippen molar-refractivity contribution in [1.82, 2.24) is 0 Å². The number of nitrogens with two attached hydrogens (primary N) is 1. The third-order valence-electron chi connectivity index (χ3n) is 1.72. The molecule has 0 saturated heterocycles. The summed E-state index contributed by atoms with van der Waals surface area (Å²) in [4.78, 5) is 0. The Balaban J connectivity index is 2.93. The molecular weight excluding hydrogens is 146 g/mol. The second kappa shape index (κ2) is 3.75. The second-order valence-electron chi connectivity index (χ2n) is 2.53. The van der Waals surface area contributed by atoms with Crippen LogP contribution in [-0.2, 0) is 0 Å². The summed E-state index contributed by atoms with van der Waals surface area (Å²) >= 11 is 0. The molecule has 0 fully saturated rings. The molecule has 1 aromatic rings. The third kappa shape index (κ3) is 1.75. The van der Waals surface area contributed by atoms with Gasteiger partial charge in [-0.05, 0) is 17.7 Å². The van der Waals surface area contributed by atoms with E-state index >= 15 is 0 Å². The van der Waals surface area contributed by atoms with Gasteiger partial charge in [-0.1, -0.05) is 24.1 Å². The fraction of sp³-hybridized carbons (Fsp3) is 0.0909. The quantitative estimate of drug-likeness (QED) is 0.514. The second-order valence-corrected chi connectivity index (χ2v) is 2.53. The minimum Gasteiger partial charge on any atom is -0.321 e. The Hall–Kier alpha value is -1.52. The van der Waals surface area contributed by atoms with E-state index < -0.39 is 0 Å². The average molecular weight is 157 g/mol. The van der Waals surface area contributed by atoms with Crippen LogP contribution in [0.3, 0.4) is 0 Å². The van der Waals surface area contributed by atoms with E-state index in [1.54, 1.807) is 6.08 Å². The zero-order valence-electron chi connectivity index (χ0n) is 6.83. The van der Waals surface area contributed by atoms with Gasteiger partial charge in [0.05, 0.1) is 0 Å². The number of benzene rings is 1. The smallest absolute Gasteiger partial charge is 0.0478 e. The van der Waals surface area contributed by atoms with E-state index in [2.05, 4.69) is 12.5 Å². The van der Waals surface area contributed by atoms with Crippen LogP contribution >= 0.6 is 0 Å². The Morgan fingerprint density at radius 2 is 2.00 bits per heavy atom. The summed E-state index contributed by atoms with van der Waals surface area (Å²) in [6.45, 7) is 3.61. The van der Waals surface area contributed by atoms with Crippen LogP contribution < -0.4 is 5.73 Å². The summed E-state index contributed by atoms with van der Waals surface area (Å²) in [5.41, 5.74) is 7.62. The van der Waals surface area contributed by atoms with Gasteiger partial charge >= 0.3 is 0 Å². The summed E-state index contributed by atoms with van der Waals surface area (Å²) in [6, 6.07) is 7.48. The van der Waals surface area contributed by atoms with E-state index in [1.807, 2.05) is 24.3 Å². The first-order chi connectivity index (χ1) is 5.77. The lowest BCUT2D eigenvalue weighted by Gasteiger charge is -2.05. The maximum Gasteiger partial charge on any atom is 0.0478 e. The standard InChI is InChI=1S/C11H11N/c1-3-9-5-7-10(8-6-9)11(12)4-2/h1,4-8,11H,2,12H2/t11-/m1/s1. The molecule has 1 heteroatoms. The maximum absolute atomic E-state index is 5.72. The van der Waals surface area contributed by atoms with Crippen molar-refractivity contribution >= 4 is 0 Å². The summed E-state index contributed by atoms with van der Waals surface area (Å²) in [5.74, 6) is 2.54. The lowest BCUT2D eigenvalue weighted by Crippen LogP contribution is -2.05. The predicted molar refractivity (Wildman–Crippen MR) is 51.5 cm³/mol. The van der Waals surface area contributed by atoms with Gasteiger partial charge in [0.15, 0.2) is 0 Å². The van der Waals surface area contributed by atoms with E-state index in [0.29, 0.717) is 0 Å². The molecule has 0 spiro atoms. The number of terminal acetylenes is 1. The maximum atomic E-state index is 5.72. The van der Waals surface area contributed by atoms with Gasteiger partial charge in [-0.2, -0.15) is 0 Å². The molecule has 1 nitrogen and oxygen atoms in total. The minimum absolute atomic E-state index is 0.100. The Kier molecular flexibility index (Phi) is 2.68. The normalized spacial score (nSPS) is 11.7. The van der Waals surface area contributed by atoms with Crippen molar-refractivity contribution < 1.29 is 0 Å². The third-order valence-corrected chi connectivity index (χ3v) is 1.72. The fourth-order valence-corrected chi connectivity index (χ4v) is 0.938. The van der Waals surface area contributed by atoms with Crippen LogP contribution in [0.1, 0.15) is 17.2 Å². The average Bonchev–Trinajstić information content (AvgIpc) is 2.17. The molecule has 0 saturated carbocycles. The van der Waals surface area contributed by atoms with Crippen molar-refractivity contribution in [1.29, 1.82) is 0 Å². The van der Waals surface area contributed by atoms with Crippen LogP contribution in [0, 0.1) is 12.3 Å². The minimum atomic E-state index is -0.100. The van der Waals surface area contributed by atoms with Gasteiger partial charge in [0.1, 0.15) is 0 Å². The van der Waals surface area contributed by atoms with Crippen molar-refractivity contribution in [2.75, 3.05) is 0 Å². The molecule has 1 rings (SSSR count). The van der Waals surface area contributed by atoms with Gasteiger partial charge < -0.3 is 5.73 Å². The Bertz CT molecular complexity index is 303. The zero-order valence-corrected chi connectivity index (χ0v) is 6.83. The van der Waals surface area contributed by atoms with Crippen molar-refractivity contribution in [3.8, 4) is 12.3 Å². The Morgan fingerprint density at radius 3 is 2.42 bits per heavy atom. The molecule has 0 aliphatic rings. The molecule has 12 heavy (non-hydrogen) atoms. The molecule has 2 N–H and O–H groups in total. The van der Waals surface area contributed by atoms with Gasteiger partial charge in [-0.15, -0.1) is 13.0 Å². The van der Waals surface area contributed by atoms with Gasteiger partial charge in [-0.3, -0.25) is 0 Å². The lowest BCUT2D eigenvalue weighted by atomic mass is 10.1. The molecule has 0 amide bonds. The summed E-state index contributed by atoms with van der Waals surface area (Å²) in [5, 5.41) is 0. The molecule has 1 aromatic carbocycles. The van der Waals surface area contributed by atoms with Crippen molar-refractivity contribution in [3.63, 3.8) is 0 Å². The SMILES string of the molecule is C#Cc1ccc([C@H](N)C=C)cc1. The van der Waals surface area contributed by atoms with E-state index in [0.717, 1.165) is 11.1 Å². The van der Waals surface area contributed by atoms with E-state index in [4.69, 9.17) is 12.2 Å². The molecule has 0 radical (unpaired) electrons. The molecule has 0 heterocycles. The Morgan fingerprint density at radius 1 is 1.42 bits per heavy atom. The lowest BCUT2D eigenvalue weighted by molar-refractivity contribution is 0.914. The van der Waals surface area contributed by atoms with Crippen molar-refractivity contribution in [2.24, 2.45) is 5.73 Å². The predicted octanol–water partition coefficient (Wildman–Crippen LogP) is 1.85. The molecular formula is C11H11N. The molecule has 0 aliphatic heterocycles. The topological polar surface area (TPSA) is 26.0 Å². The number of rotatable bonds is 2. The largest absolute Gasteiger partial charge is 0.321 e. The first kappa shape index (κ1) is 8.58. The first-order valence-corrected chi connectivity index (χ1v) is 3.72. The van der Waals surface area contributed by atoms with Crippen LogP contribution in [0.5, 0.6) is 0 Å². The zero-order chi connectivity index (χ0) is 8.97. The van der Waals surface area contributed by atoms with Crippen LogP contribution in [0.15, 0.2) is 36.9 Å². The molecule has 0 unspecified atom stereocenters. The number of hydrogen-bond acceptors (Lipinski definition) is 1. The van der Waals surface area contributed by atoms with Crippen molar-refractivity contribution in [3.05, 3.63) is 48.0 Å². The molecule has 0 bridgehead atoms. The molecule has 0 aromatic heterocycles. The number of hydrogen-bond donors (Lipinski definition) is 1. The fourth-order valence-electron chi connectivity index (χ4n) is 0.938. The van der Waals surface area contributed by atoms with Gasteiger partial charge in [0.25, 0.3) is 0 Å². The molecule has 0 aliphatic carbocycles. The Labute approximate surface area is 72.9 Å².